The molecule has 6 heteroatoms. The maximum atomic E-state index is 10.9. The van der Waals surface area contributed by atoms with Gasteiger partial charge in [-0.3, -0.25) is 14.4 Å². The summed E-state index contributed by atoms with van der Waals surface area (Å²) in [6, 6.07) is 0. The van der Waals surface area contributed by atoms with E-state index in [4.69, 9.17) is 16.7 Å². The molecule has 2 heterocycles. The Labute approximate surface area is 111 Å². The Kier molecular flexibility index (Phi) is 3.92. The van der Waals surface area contributed by atoms with Crippen LogP contribution in [0.1, 0.15) is 24.1 Å². The summed E-state index contributed by atoms with van der Waals surface area (Å²) in [4.78, 5) is 13.1. The van der Waals surface area contributed by atoms with Crippen molar-refractivity contribution < 1.29 is 9.90 Å². The molecular formula is C12H18ClN3O2. The lowest BCUT2D eigenvalue weighted by atomic mass is 9.97. The fraction of sp³-hybridized carbons (Fsp3) is 0.667. The molecule has 0 aliphatic carbocycles. The molecule has 1 aromatic heterocycles. The van der Waals surface area contributed by atoms with Crippen LogP contribution in [0.5, 0.6) is 0 Å². The van der Waals surface area contributed by atoms with Crippen molar-refractivity contribution in [3.05, 3.63) is 16.4 Å². The van der Waals surface area contributed by atoms with Crippen molar-refractivity contribution >= 4 is 17.6 Å². The second-order valence-corrected chi connectivity index (χ2v) is 5.23. The third-order valence-electron chi connectivity index (χ3n) is 3.59. The summed E-state index contributed by atoms with van der Waals surface area (Å²) in [6.07, 6.45) is 1.43. The monoisotopic (exact) mass is 271 g/mol. The first-order valence-corrected chi connectivity index (χ1v) is 6.50. The van der Waals surface area contributed by atoms with E-state index in [2.05, 4.69) is 10.00 Å². The van der Waals surface area contributed by atoms with Crippen LogP contribution >= 0.6 is 11.6 Å². The number of hydrogen-bond acceptors (Lipinski definition) is 3. The Morgan fingerprint density at radius 2 is 2.11 bits per heavy atom. The highest BCUT2D eigenvalue weighted by Crippen LogP contribution is 2.24. The summed E-state index contributed by atoms with van der Waals surface area (Å²) in [7, 11) is 1.83. The first-order chi connectivity index (χ1) is 8.49. The van der Waals surface area contributed by atoms with E-state index in [1.54, 1.807) is 4.68 Å². The minimum absolute atomic E-state index is 0.188. The quantitative estimate of drug-likeness (QED) is 0.909. The predicted octanol–water partition coefficient (Wildman–Crippen LogP) is 1.68. The second-order valence-electron chi connectivity index (χ2n) is 4.87. The smallest absolute Gasteiger partial charge is 0.306 e. The van der Waals surface area contributed by atoms with Crippen LogP contribution in [0.2, 0.25) is 5.15 Å². The first-order valence-electron chi connectivity index (χ1n) is 6.12. The van der Waals surface area contributed by atoms with Crippen LogP contribution in [-0.4, -0.2) is 38.8 Å². The molecule has 100 valence electrons. The maximum absolute atomic E-state index is 10.9. The summed E-state index contributed by atoms with van der Waals surface area (Å²) >= 11 is 6.19. The molecule has 1 aliphatic heterocycles. The number of hydrogen-bond donors (Lipinski definition) is 1. The van der Waals surface area contributed by atoms with E-state index in [9.17, 15) is 4.79 Å². The first kappa shape index (κ1) is 13.4. The van der Waals surface area contributed by atoms with Crippen molar-refractivity contribution in [3.8, 4) is 0 Å². The van der Waals surface area contributed by atoms with E-state index in [1.165, 1.54) is 0 Å². The average Bonchev–Trinajstić information content (AvgIpc) is 2.57. The van der Waals surface area contributed by atoms with E-state index >= 15 is 0 Å². The van der Waals surface area contributed by atoms with Crippen molar-refractivity contribution in [2.75, 3.05) is 13.1 Å². The topological polar surface area (TPSA) is 58.4 Å². The molecule has 5 nitrogen and oxygen atoms in total. The van der Waals surface area contributed by atoms with Gasteiger partial charge < -0.3 is 5.11 Å². The Morgan fingerprint density at radius 3 is 2.56 bits per heavy atom. The minimum atomic E-state index is -0.676. The van der Waals surface area contributed by atoms with Crippen molar-refractivity contribution in [2.45, 2.75) is 26.3 Å². The molecular weight excluding hydrogens is 254 g/mol. The Hall–Kier alpha value is -1.07. The van der Waals surface area contributed by atoms with Gasteiger partial charge in [0.2, 0.25) is 0 Å². The Bertz CT molecular complexity index is 450. The normalized spacial score (nSPS) is 18.2. The molecule has 0 radical (unpaired) electrons. The van der Waals surface area contributed by atoms with Crippen molar-refractivity contribution in [1.82, 2.24) is 14.7 Å². The number of piperidine rings is 1. The van der Waals surface area contributed by atoms with Crippen LogP contribution in [0.15, 0.2) is 0 Å². The highest BCUT2D eigenvalue weighted by molar-refractivity contribution is 6.30. The van der Waals surface area contributed by atoms with Gasteiger partial charge in [-0.05, 0) is 32.9 Å². The second kappa shape index (κ2) is 5.28. The van der Waals surface area contributed by atoms with Crippen LogP contribution in [0.4, 0.5) is 0 Å². The lowest BCUT2D eigenvalue weighted by molar-refractivity contribution is -0.143. The zero-order valence-electron chi connectivity index (χ0n) is 10.7. The SMILES string of the molecule is Cc1nn(C)c(Cl)c1CN1CCC(C(=O)O)CC1. The van der Waals surface area contributed by atoms with Crippen LogP contribution in [-0.2, 0) is 18.4 Å². The maximum Gasteiger partial charge on any atom is 0.306 e. The highest BCUT2D eigenvalue weighted by atomic mass is 35.5. The Morgan fingerprint density at radius 1 is 1.50 bits per heavy atom. The van der Waals surface area contributed by atoms with Crippen molar-refractivity contribution in [1.29, 1.82) is 0 Å². The molecule has 1 aliphatic rings. The van der Waals surface area contributed by atoms with E-state index < -0.39 is 5.97 Å². The zero-order chi connectivity index (χ0) is 13.3. The zero-order valence-corrected chi connectivity index (χ0v) is 11.4. The number of halogens is 1. The summed E-state index contributed by atoms with van der Waals surface area (Å²) in [5.74, 6) is -0.864. The highest BCUT2D eigenvalue weighted by Gasteiger charge is 2.25. The number of carbonyl (C=O) groups is 1. The predicted molar refractivity (Wildman–Crippen MR) is 68.6 cm³/mol. The van der Waals surface area contributed by atoms with Crippen LogP contribution in [0.3, 0.4) is 0 Å². The molecule has 0 unspecified atom stereocenters. The van der Waals surface area contributed by atoms with E-state index in [-0.39, 0.29) is 5.92 Å². The number of carboxylic acids is 1. The molecule has 0 saturated carbocycles. The number of aromatic nitrogens is 2. The van der Waals surface area contributed by atoms with Crippen LogP contribution < -0.4 is 0 Å². The molecule has 2 rings (SSSR count). The van der Waals surface area contributed by atoms with Crippen LogP contribution in [0.25, 0.3) is 0 Å². The van der Waals surface area contributed by atoms with Crippen molar-refractivity contribution in [3.63, 3.8) is 0 Å². The number of nitrogens with zero attached hydrogens (tertiary/aromatic N) is 3. The third-order valence-corrected chi connectivity index (χ3v) is 4.06. The molecule has 1 aromatic rings. The minimum Gasteiger partial charge on any atom is -0.481 e. The van der Waals surface area contributed by atoms with Gasteiger partial charge in [-0.1, -0.05) is 11.6 Å². The van der Waals surface area contributed by atoms with Gasteiger partial charge in [-0.25, -0.2) is 0 Å². The molecule has 0 atom stereocenters. The van der Waals surface area contributed by atoms with E-state index in [0.29, 0.717) is 18.0 Å². The largest absolute Gasteiger partial charge is 0.481 e. The standard InChI is InChI=1S/C12H18ClN3O2/c1-8-10(11(13)15(2)14-8)7-16-5-3-9(4-6-16)12(17)18/h9H,3-7H2,1-2H3,(H,17,18). The fourth-order valence-electron chi connectivity index (χ4n) is 2.42. The summed E-state index contributed by atoms with van der Waals surface area (Å²) in [6.45, 7) is 4.32. The van der Waals surface area contributed by atoms with Crippen LogP contribution in [0, 0.1) is 12.8 Å². The molecule has 0 spiro atoms. The van der Waals surface area contributed by atoms with Gasteiger partial charge in [-0.2, -0.15) is 5.10 Å². The number of aliphatic carboxylic acids is 1. The number of carboxylic acid groups (broad SMARTS) is 1. The molecule has 1 fully saturated rings. The molecule has 1 saturated heterocycles. The Balaban J connectivity index is 1.97. The summed E-state index contributed by atoms with van der Waals surface area (Å²) < 4.78 is 1.68. The number of likely N-dealkylation sites (tertiary alicyclic amines) is 1. The van der Waals surface area contributed by atoms with Gasteiger partial charge in [0, 0.05) is 19.2 Å². The van der Waals surface area contributed by atoms with Crippen molar-refractivity contribution in [2.24, 2.45) is 13.0 Å². The van der Waals surface area contributed by atoms with Gasteiger partial charge in [0.05, 0.1) is 11.6 Å². The third kappa shape index (κ3) is 2.67. The molecule has 0 amide bonds. The summed E-state index contributed by atoms with van der Waals surface area (Å²) in [5, 5.41) is 13.9. The number of rotatable bonds is 3. The average molecular weight is 272 g/mol. The van der Waals surface area contributed by atoms with E-state index in [0.717, 1.165) is 30.9 Å². The van der Waals surface area contributed by atoms with Gasteiger partial charge in [0.15, 0.2) is 0 Å². The lowest BCUT2D eigenvalue weighted by Crippen LogP contribution is -2.35. The number of aryl methyl sites for hydroxylation is 2. The summed E-state index contributed by atoms with van der Waals surface area (Å²) in [5.41, 5.74) is 2.00. The van der Waals surface area contributed by atoms with Gasteiger partial charge in [0.1, 0.15) is 5.15 Å². The molecule has 0 bridgehead atoms. The molecule has 18 heavy (non-hydrogen) atoms. The molecule has 1 N–H and O–H groups in total. The van der Waals surface area contributed by atoms with E-state index in [1.807, 2.05) is 14.0 Å². The van der Waals surface area contributed by atoms with Gasteiger partial charge >= 0.3 is 5.97 Å². The van der Waals surface area contributed by atoms with Gasteiger partial charge in [0.25, 0.3) is 0 Å². The molecule has 0 aromatic carbocycles. The van der Waals surface area contributed by atoms with Gasteiger partial charge in [-0.15, -0.1) is 0 Å². The fourth-order valence-corrected chi connectivity index (χ4v) is 2.65. The lowest BCUT2D eigenvalue weighted by Gasteiger charge is -2.29.